The Bertz CT molecular complexity index is 1170. The first-order valence-electron chi connectivity index (χ1n) is 11.0. The number of ketones is 1. The number of rotatable bonds is 10. The number of ether oxygens (including phenoxy) is 1. The summed E-state index contributed by atoms with van der Waals surface area (Å²) in [6, 6.07) is 6.25. The molecule has 0 aromatic heterocycles. The lowest BCUT2D eigenvalue weighted by Gasteiger charge is -2.19. The molecule has 0 unspecified atom stereocenters. The first-order chi connectivity index (χ1) is 15.9. The maximum atomic E-state index is 12.9. The zero-order valence-corrected chi connectivity index (χ0v) is 21.3. The van der Waals surface area contributed by atoms with Gasteiger partial charge in [-0.2, -0.15) is 0 Å². The van der Waals surface area contributed by atoms with E-state index in [2.05, 4.69) is 10.0 Å². The SMILES string of the molecule is CCC(=O)Nc1ccc(C(=O)COC(=O)CCNS(=O)(=O)c2c(C)c(C)c(C)c(C)c2C)cc1. The quantitative estimate of drug-likeness (QED) is 0.389. The molecule has 2 rings (SSSR count). The molecule has 0 aliphatic heterocycles. The highest BCUT2D eigenvalue weighted by Gasteiger charge is 2.23. The van der Waals surface area contributed by atoms with E-state index in [4.69, 9.17) is 4.74 Å². The normalized spacial score (nSPS) is 11.2. The van der Waals surface area contributed by atoms with E-state index in [1.54, 1.807) is 32.9 Å². The molecule has 0 saturated carbocycles. The summed E-state index contributed by atoms with van der Waals surface area (Å²) in [4.78, 5) is 35.9. The molecule has 0 aliphatic rings. The van der Waals surface area contributed by atoms with E-state index >= 15 is 0 Å². The topological polar surface area (TPSA) is 119 Å². The van der Waals surface area contributed by atoms with Gasteiger partial charge in [-0.1, -0.05) is 6.92 Å². The molecule has 8 nitrogen and oxygen atoms in total. The molecule has 2 aromatic carbocycles. The van der Waals surface area contributed by atoms with Crippen LogP contribution in [0.5, 0.6) is 0 Å². The highest BCUT2D eigenvalue weighted by molar-refractivity contribution is 7.89. The van der Waals surface area contributed by atoms with Crippen molar-refractivity contribution in [1.82, 2.24) is 4.72 Å². The molecular weight excluding hydrogens is 456 g/mol. The Balaban J connectivity index is 1.90. The van der Waals surface area contributed by atoms with Crippen LogP contribution in [0.25, 0.3) is 0 Å². The number of carbonyl (C=O) groups is 3. The zero-order chi connectivity index (χ0) is 25.6. The van der Waals surface area contributed by atoms with Crippen molar-refractivity contribution in [3.8, 4) is 0 Å². The van der Waals surface area contributed by atoms with Crippen molar-refractivity contribution in [3.63, 3.8) is 0 Å². The molecule has 1 amide bonds. The first-order valence-corrected chi connectivity index (χ1v) is 12.5. The lowest BCUT2D eigenvalue weighted by atomic mass is 9.95. The van der Waals surface area contributed by atoms with Crippen LogP contribution < -0.4 is 10.0 Å². The van der Waals surface area contributed by atoms with Crippen LogP contribution in [0.3, 0.4) is 0 Å². The number of nitrogens with one attached hydrogen (secondary N) is 2. The lowest BCUT2D eigenvalue weighted by molar-refractivity contribution is -0.142. The molecule has 0 spiro atoms. The van der Waals surface area contributed by atoms with Crippen LogP contribution in [0.15, 0.2) is 29.2 Å². The summed E-state index contributed by atoms with van der Waals surface area (Å²) >= 11 is 0. The summed E-state index contributed by atoms with van der Waals surface area (Å²) in [5.41, 5.74) is 5.16. The number of hydrogen-bond donors (Lipinski definition) is 2. The maximum absolute atomic E-state index is 12.9. The number of hydrogen-bond acceptors (Lipinski definition) is 6. The van der Waals surface area contributed by atoms with Crippen LogP contribution in [-0.4, -0.2) is 39.2 Å². The molecule has 2 aromatic rings. The summed E-state index contributed by atoms with van der Waals surface area (Å²) in [6.45, 7) is 10.4. The minimum Gasteiger partial charge on any atom is -0.457 e. The van der Waals surface area contributed by atoms with Gasteiger partial charge in [0.2, 0.25) is 15.9 Å². The molecule has 0 heterocycles. The van der Waals surface area contributed by atoms with Gasteiger partial charge >= 0.3 is 5.97 Å². The van der Waals surface area contributed by atoms with E-state index in [1.165, 1.54) is 12.1 Å². The van der Waals surface area contributed by atoms with Gasteiger partial charge in [0.1, 0.15) is 0 Å². The second kappa shape index (κ2) is 11.4. The van der Waals surface area contributed by atoms with Gasteiger partial charge in [-0.15, -0.1) is 0 Å². The average Bonchev–Trinajstić information content (AvgIpc) is 2.80. The van der Waals surface area contributed by atoms with Crippen LogP contribution in [0, 0.1) is 34.6 Å². The largest absolute Gasteiger partial charge is 0.457 e. The van der Waals surface area contributed by atoms with Crippen molar-refractivity contribution in [3.05, 3.63) is 57.6 Å². The number of anilines is 1. The fourth-order valence-electron chi connectivity index (χ4n) is 3.52. The molecule has 2 N–H and O–H groups in total. The minimum absolute atomic E-state index is 0.137. The zero-order valence-electron chi connectivity index (χ0n) is 20.5. The molecule has 184 valence electrons. The van der Waals surface area contributed by atoms with Gasteiger partial charge in [0.05, 0.1) is 11.3 Å². The molecule has 0 bridgehead atoms. The molecule has 0 saturated heterocycles. The number of carbonyl (C=O) groups excluding carboxylic acids is 3. The van der Waals surface area contributed by atoms with Gasteiger partial charge in [0.15, 0.2) is 12.4 Å². The van der Waals surface area contributed by atoms with Crippen molar-refractivity contribution in [2.75, 3.05) is 18.5 Å². The number of Topliss-reactive ketones (excluding diaryl/α,β-unsaturated/α-hetero) is 1. The third-order valence-corrected chi connectivity index (χ3v) is 7.73. The second-order valence-electron chi connectivity index (χ2n) is 8.16. The van der Waals surface area contributed by atoms with E-state index in [0.717, 1.165) is 16.7 Å². The fourth-order valence-corrected chi connectivity index (χ4v) is 5.15. The number of benzene rings is 2. The third kappa shape index (κ3) is 6.51. The lowest BCUT2D eigenvalue weighted by Crippen LogP contribution is -2.29. The highest BCUT2D eigenvalue weighted by Crippen LogP contribution is 2.29. The Labute approximate surface area is 201 Å². The van der Waals surface area contributed by atoms with Gasteiger partial charge in [-0.05, 0) is 86.7 Å². The number of amides is 1. The Morgan fingerprint density at radius 2 is 1.38 bits per heavy atom. The Morgan fingerprint density at radius 1 is 0.853 bits per heavy atom. The third-order valence-electron chi connectivity index (χ3n) is 6.00. The summed E-state index contributed by atoms with van der Waals surface area (Å²) < 4.78 is 33.2. The van der Waals surface area contributed by atoms with Crippen molar-refractivity contribution >= 4 is 33.4 Å². The summed E-state index contributed by atoms with van der Waals surface area (Å²) in [5, 5.41) is 2.68. The van der Waals surface area contributed by atoms with Gasteiger partial charge in [-0.25, -0.2) is 13.1 Å². The monoisotopic (exact) mass is 488 g/mol. The number of sulfonamides is 1. The molecule has 0 atom stereocenters. The summed E-state index contributed by atoms with van der Waals surface area (Å²) in [6.07, 6.45) is 0.132. The molecule has 0 aliphatic carbocycles. The maximum Gasteiger partial charge on any atom is 0.307 e. The van der Waals surface area contributed by atoms with E-state index in [1.807, 2.05) is 20.8 Å². The van der Waals surface area contributed by atoms with Gasteiger partial charge in [0, 0.05) is 24.2 Å². The van der Waals surface area contributed by atoms with Crippen LogP contribution in [0.4, 0.5) is 5.69 Å². The fraction of sp³-hybridized carbons (Fsp3) is 0.400. The highest BCUT2D eigenvalue weighted by atomic mass is 32.2. The molecule has 0 fully saturated rings. The second-order valence-corrected chi connectivity index (χ2v) is 9.87. The van der Waals surface area contributed by atoms with E-state index in [0.29, 0.717) is 28.8 Å². The van der Waals surface area contributed by atoms with Crippen molar-refractivity contribution in [1.29, 1.82) is 0 Å². The van der Waals surface area contributed by atoms with E-state index < -0.39 is 28.4 Å². The van der Waals surface area contributed by atoms with Crippen molar-refractivity contribution < 1.29 is 27.5 Å². The standard InChI is InChI=1S/C25H32N2O6S/c1-7-23(29)27-21-10-8-20(9-11-21)22(28)14-33-24(30)12-13-26-34(31,32)25-18(5)16(3)15(2)17(4)19(25)6/h8-11,26H,7,12-14H2,1-6H3,(H,27,29). The molecular formula is C25H32N2O6S. The van der Waals surface area contributed by atoms with Crippen LogP contribution in [0.1, 0.15) is 57.9 Å². The molecule has 9 heteroatoms. The summed E-state index contributed by atoms with van der Waals surface area (Å²) in [7, 11) is -3.82. The van der Waals surface area contributed by atoms with Crippen LogP contribution >= 0.6 is 0 Å². The van der Waals surface area contributed by atoms with Gasteiger partial charge in [0.25, 0.3) is 0 Å². The predicted molar refractivity (Wildman–Crippen MR) is 131 cm³/mol. The van der Waals surface area contributed by atoms with E-state index in [9.17, 15) is 22.8 Å². The first kappa shape index (κ1) is 27.2. The molecule has 34 heavy (non-hydrogen) atoms. The van der Waals surface area contributed by atoms with Crippen LogP contribution in [0.2, 0.25) is 0 Å². The Hall–Kier alpha value is -3.04. The summed E-state index contributed by atoms with van der Waals surface area (Å²) in [5.74, 6) is -1.23. The van der Waals surface area contributed by atoms with Crippen molar-refractivity contribution in [2.24, 2.45) is 0 Å². The predicted octanol–water partition coefficient (Wildman–Crippen LogP) is 3.67. The Kier molecular flexibility index (Phi) is 9.12. The Morgan fingerprint density at radius 3 is 1.91 bits per heavy atom. The molecule has 0 radical (unpaired) electrons. The smallest absolute Gasteiger partial charge is 0.307 e. The van der Waals surface area contributed by atoms with Crippen LogP contribution in [-0.2, 0) is 24.3 Å². The van der Waals surface area contributed by atoms with Gasteiger partial charge < -0.3 is 10.1 Å². The van der Waals surface area contributed by atoms with Crippen molar-refractivity contribution in [2.45, 2.75) is 59.3 Å². The number of esters is 1. The average molecular weight is 489 g/mol. The minimum atomic E-state index is -3.82. The van der Waals surface area contributed by atoms with E-state index in [-0.39, 0.29) is 23.8 Å². The van der Waals surface area contributed by atoms with Gasteiger partial charge in [-0.3, -0.25) is 14.4 Å².